The lowest BCUT2D eigenvalue weighted by molar-refractivity contribution is 0.396. The Bertz CT molecular complexity index is 376. The molecule has 1 saturated carbocycles. The Kier molecular flexibility index (Phi) is 4.46. The minimum Gasteiger partial charge on any atom is -0.496 e. The smallest absolute Gasteiger partial charge is 0.124 e. The van der Waals surface area contributed by atoms with Gasteiger partial charge in [-0.25, -0.2) is 0 Å². The number of halogens is 1. The monoisotopic (exact) mass is 297 g/mol. The van der Waals surface area contributed by atoms with Crippen molar-refractivity contribution in [2.75, 3.05) is 14.2 Å². The van der Waals surface area contributed by atoms with Gasteiger partial charge in [0.2, 0.25) is 0 Å². The van der Waals surface area contributed by atoms with Gasteiger partial charge in [0.15, 0.2) is 0 Å². The second-order valence-electron chi connectivity index (χ2n) is 4.75. The van der Waals surface area contributed by atoms with Crippen molar-refractivity contribution >= 4 is 15.9 Å². The van der Waals surface area contributed by atoms with E-state index in [1.165, 1.54) is 31.2 Å². The summed E-state index contributed by atoms with van der Waals surface area (Å²) in [4.78, 5) is 0. The summed E-state index contributed by atoms with van der Waals surface area (Å²) in [5.41, 5.74) is 1.26. The third kappa shape index (κ3) is 3.46. The molecule has 3 heteroatoms. The normalized spacial score (nSPS) is 16.9. The fraction of sp³-hybridized carbons (Fsp3) is 0.571. The van der Waals surface area contributed by atoms with Crippen LogP contribution in [-0.2, 0) is 0 Å². The van der Waals surface area contributed by atoms with Crippen LogP contribution < -0.4 is 10.1 Å². The molecule has 94 valence electrons. The summed E-state index contributed by atoms with van der Waals surface area (Å²) >= 11 is 3.48. The first-order valence-corrected chi connectivity index (χ1v) is 7.04. The van der Waals surface area contributed by atoms with Crippen LogP contribution in [0.25, 0.3) is 0 Å². The van der Waals surface area contributed by atoms with Crippen LogP contribution in [0.3, 0.4) is 0 Å². The fourth-order valence-corrected chi connectivity index (χ4v) is 2.58. The van der Waals surface area contributed by atoms with Crippen LogP contribution in [0.1, 0.15) is 37.3 Å². The van der Waals surface area contributed by atoms with Crippen molar-refractivity contribution < 1.29 is 4.74 Å². The van der Waals surface area contributed by atoms with Crippen molar-refractivity contribution in [2.45, 2.75) is 31.7 Å². The van der Waals surface area contributed by atoms with Gasteiger partial charge in [0.1, 0.15) is 5.75 Å². The third-order valence-electron chi connectivity index (χ3n) is 3.48. The van der Waals surface area contributed by atoms with Gasteiger partial charge in [-0.2, -0.15) is 0 Å². The van der Waals surface area contributed by atoms with E-state index < -0.39 is 0 Å². The van der Waals surface area contributed by atoms with E-state index in [-0.39, 0.29) is 0 Å². The first-order chi connectivity index (χ1) is 8.24. The second kappa shape index (κ2) is 5.87. The summed E-state index contributed by atoms with van der Waals surface area (Å²) in [5.74, 6) is 1.95. The van der Waals surface area contributed by atoms with Crippen molar-refractivity contribution in [1.82, 2.24) is 5.32 Å². The summed E-state index contributed by atoms with van der Waals surface area (Å²) < 4.78 is 6.53. The Labute approximate surface area is 112 Å². The first kappa shape index (κ1) is 12.9. The number of hydrogen-bond donors (Lipinski definition) is 1. The van der Waals surface area contributed by atoms with Crippen molar-refractivity contribution in [3.8, 4) is 5.75 Å². The lowest BCUT2D eigenvalue weighted by Gasteiger charge is -2.19. The van der Waals surface area contributed by atoms with Crippen LogP contribution in [-0.4, -0.2) is 14.2 Å². The van der Waals surface area contributed by atoms with E-state index in [9.17, 15) is 0 Å². The highest BCUT2D eigenvalue weighted by molar-refractivity contribution is 9.10. The maximum Gasteiger partial charge on any atom is 0.124 e. The molecule has 1 N–H and O–H groups in total. The predicted molar refractivity (Wildman–Crippen MR) is 74.5 cm³/mol. The minimum atomic E-state index is 0.402. The van der Waals surface area contributed by atoms with Gasteiger partial charge < -0.3 is 10.1 Å². The predicted octanol–water partition coefficient (Wildman–Crippen LogP) is 3.91. The van der Waals surface area contributed by atoms with Gasteiger partial charge in [-0.15, -0.1) is 0 Å². The molecule has 17 heavy (non-hydrogen) atoms. The fourth-order valence-electron chi connectivity index (χ4n) is 2.24. The molecular formula is C14H20BrNO. The van der Waals surface area contributed by atoms with E-state index in [1.807, 2.05) is 13.1 Å². The van der Waals surface area contributed by atoms with Crippen LogP contribution in [0, 0.1) is 5.92 Å². The molecule has 2 rings (SSSR count). The molecule has 0 amide bonds. The van der Waals surface area contributed by atoms with Gasteiger partial charge in [0.25, 0.3) is 0 Å². The van der Waals surface area contributed by atoms with Gasteiger partial charge in [0.05, 0.1) is 7.11 Å². The second-order valence-corrected chi connectivity index (χ2v) is 5.66. The number of benzene rings is 1. The van der Waals surface area contributed by atoms with Crippen molar-refractivity contribution in [1.29, 1.82) is 0 Å². The molecule has 1 fully saturated rings. The van der Waals surface area contributed by atoms with Crippen molar-refractivity contribution in [3.05, 3.63) is 28.2 Å². The molecule has 0 aromatic heterocycles. The van der Waals surface area contributed by atoms with Crippen molar-refractivity contribution in [2.24, 2.45) is 5.92 Å². The van der Waals surface area contributed by atoms with Gasteiger partial charge in [-0.05, 0) is 37.9 Å². The number of ether oxygens (including phenoxy) is 1. The zero-order valence-corrected chi connectivity index (χ0v) is 12.1. The van der Waals surface area contributed by atoms with Gasteiger partial charge in [-0.1, -0.05) is 34.8 Å². The standard InChI is InChI=1S/C14H20BrNO/c1-16-13(8-5-10-3-4-10)12-7-6-11(15)9-14(12)17-2/h6-7,9-10,13,16H,3-5,8H2,1-2H3. The molecule has 0 aliphatic heterocycles. The molecule has 0 spiro atoms. The molecule has 1 aromatic carbocycles. The SMILES string of the molecule is CNC(CCC1CC1)c1ccc(Br)cc1OC. The van der Waals surface area contributed by atoms with Crippen LogP contribution in [0.5, 0.6) is 5.75 Å². The summed E-state index contributed by atoms with van der Waals surface area (Å²) in [6.45, 7) is 0. The Hall–Kier alpha value is -0.540. The van der Waals surface area contributed by atoms with Crippen LogP contribution in [0.15, 0.2) is 22.7 Å². The minimum absolute atomic E-state index is 0.402. The lowest BCUT2D eigenvalue weighted by atomic mass is 10.00. The highest BCUT2D eigenvalue weighted by Gasteiger charge is 2.23. The molecule has 1 aromatic rings. The molecule has 0 bridgehead atoms. The topological polar surface area (TPSA) is 21.3 Å². The zero-order valence-electron chi connectivity index (χ0n) is 10.5. The van der Waals surface area contributed by atoms with E-state index in [1.54, 1.807) is 7.11 Å². The van der Waals surface area contributed by atoms with Gasteiger partial charge >= 0.3 is 0 Å². The van der Waals surface area contributed by atoms with Gasteiger partial charge in [0, 0.05) is 16.1 Å². The molecule has 0 saturated heterocycles. The maximum absolute atomic E-state index is 5.46. The summed E-state index contributed by atoms with van der Waals surface area (Å²) in [7, 11) is 3.76. The van der Waals surface area contributed by atoms with Gasteiger partial charge in [-0.3, -0.25) is 0 Å². The number of nitrogens with one attached hydrogen (secondary N) is 1. The Morgan fingerprint density at radius 2 is 2.24 bits per heavy atom. The average Bonchev–Trinajstić information content (AvgIpc) is 3.15. The first-order valence-electron chi connectivity index (χ1n) is 6.25. The summed E-state index contributed by atoms with van der Waals surface area (Å²) in [5, 5.41) is 3.40. The third-order valence-corrected chi connectivity index (χ3v) is 3.97. The molecule has 1 unspecified atom stereocenters. The molecule has 0 heterocycles. The van der Waals surface area contributed by atoms with E-state index in [2.05, 4.69) is 33.4 Å². The Morgan fingerprint density at radius 3 is 2.82 bits per heavy atom. The quantitative estimate of drug-likeness (QED) is 0.860. The number of methoxy groups -OCH3 is 1. The molecule has 2 nitrogen and oxygen atoms in total. The lowest BCUT2D eigenvalue weighted by Crippen LogP contribution is -2.17. The largest absolute Gasteiger partial charge is 0.496 e. The van der Waals surface area contributed by atoms with E-state index in [4.69, 9.17) is 4.74 Å². The molecular weight excluding hydrogens is 278 g/mol. The maximum atomic E-state index is 5.46. The Balaban J connectivity index is 2.10. The van der Waals surface area contributed by atoms with E-state index >= 15 is 0 Å². The molecule has 1 aliphatic rings. The molecule has 0 radical (unpaired) electrons. The number of rotatable bonds is 6. The Morgan fingerprint density at radius 1 is 1.47 bits per heavy atom. The zero-order chi connectivity index (χ0) is 12.3. The summed E-state index contributed by atoms with van der Waals surface area (Å²) in [6, 6.07) is 6.67. The van der Waals surface area contributed by atoms with Crippen LogP contribution >= 0.6 is 15.9 Å². The highest BCUT2D eigenvalue weighted by Crippen LogP contribution is 2.37. The van der Waals surface area contributed by atoms with Crippen LogP contribution in [0.2, 0.25) is 0 Å². The summed E-state index contributed by atoms with van der Waals surface area (Å²) in [6.07, 6.45) is 5.37. The van der Waals surface area contributed by atoms with Crippen LogP contribution in [0.4, 0.5) is 0 Å². The molecule has 1 aliphatic carbocycles. The highest BCUT2D eigenvalue weighted by atomic mass is 79.9. The van der Waals surface area contributed by atoms with Crippen molar-refractivity contribution in [3.63, 3.8) is 0 Å². The molecule has 1 atom stereocenters. The average molecular weight is 298 g/mol. The number of hydrogen-bond acceptors (Lipinski definition) is 2. The van der Waals surface area contributed by atoms with E-state index in [0.29, 0.717) is 6.04 Å². The van der Waals surface area contributed by atoms with E-state index in [0.717, 1.165) is 16.1 Å².